The molecule has 0 spiro atoms. The van der Waals surface area contributed by atoms with Crippen LogP contribution in [0.25, 0.3) is 16.6 Å². The van der Waals surface area contributed by atoms with Gasteiger partial charge in [0, 0.05) is 41.4 Å². The van der Waals surface area contributed by atoms with Gasteiger partial charge in [-0.05, 0) is 60.9 Å². The number of fused-ring (bicyclic) bond motifs is 2. The molecule has 9 heteroatoms. The van der Waals surface area contributed by atoms with Crippen molar-refractivity contribution in [2.24, 2.45) is 0 Å². The third-order valence-electron chi connectivity index (χ3n) is 5.21. The summed E-state index contributed by atoms with van der Waals surface area (Å²) in [4.78, 5) is 24.8. The number of anilines is 3. The first-order valence-electron chi connectivity index (χ1n) is 10.7. The number of carbonyl (C=O) groups excluding carboxylic acids is 1. The highest BCUT2D eigenvalue weighted by Crippen LogP contribution is 2.30. The fourth-order valence-corrected chi connectivity index (χ4v) is 3.58. The fourth-order valence-electron chi connectivity index (χ4n) is 3.58. The van der Waals surface area contributed by atoms with Crippen LogP contribution in [0.1, 0.15) is 5.56 Å². The number of amides is 1. The van der Waals surface area contributed by atoms with E-state index in [1.54, 1.807) is 24.4 Å². The van der Waals surface area contributed by atoms with Crippen molar-refractivity contribution in [1.29, 1.82) is 0 Å². The standard InChI is InChI=1S/C26H20N6O3/c1-17-13-18(5-7-23(17)35-20-8-10-32-11-9-27-24(32)15-20)31-26-21-14-19(30-25(34)3-2-12-33)4-6-22(21)28-16-29-26/h4-11,13-16,33H,12H2,1H3,(H,30,34)(H,28,29,31). The fraction of sp³-hybridized carbons (Fsp3) is 0.0769. The van der Waals surface area contributed by atoms with Crippen LogP contribution in [0, 0.1) is 18.8 Å². The van der Waals surface area contributed by atoms with E-state index in [0.29, 0.717) is 22.8 Å². The Kier molecular flexibility index (Phi) is 5.94. The Bertz CT molecular complexity index is 1620. The number of aliphatic hydroxyl groups is 1. The Labute approximate surface area is 200 Å². The van der Waals surface area contributed by atoms with Crippen LogP contribution in [0.4, 0.5) is 17.2 Å². The van der Waals surface area contributed by atoms with E-state index in [9.17, 15) is 4.79 Å². The van der Waals surface area contributed by atoms with Gasteiger partial charge in [-0.2, -0.15) is 0 Å². The van der Waals surface area contributed by atoms with E-state index in [1.807, 2.05) is 54.0 Å². The summed E-state index contributed by atoms with van der Waals surface area (Å²) in [5.41, 5.74) is 3.83. The normalized spacial score (nSPS) is 10.6. The van der Waals surface area contributed by atoms with Crippen molar-refractivity contribution in [3.05, 3.63) is 79.0 Å². The molecule has 0 bridgehead atoms. The molecule has 0 saturated carbocycles. The second kappa shape index (κ2) is 9.51. The molecule has 1 amide bonds. The lowest BCUT2D eigenvalue weighted by molar-refractivity contribution is -0.111. The van der Waals surface area contributed by atoms with Gasteiger partial charge in [-0.15, -0.1) is 0 Å². The number of ether oxygens (including phenoxy) is 1. The van der Waals surface area contributed by atoms with Crippen molar-refractivity contribution >= 4 is 39.6 Å². The molecule has 172 valence electrons. The molecule has 0 unspecified atom stereocenters. The van der Waals surface area contributed by atoms with Crippen LogP contribution >= 0.6 is 0 Å². The molecule has 0 aliphatic carbocycles. The van der Waals surface area contributed by atoms with Gasteiger partial charge in [0.05, 0.1) is 5.52 Å². The van der Waals surface area contributed by atoms with Gasteiger partial charge in [-0.25, -0.2) is 15.0 Å². The second-order valence-electron chi connectivity index (χ2n) is 7.63. The average Bonchev–Trinajstić information content (AvgIpc) is 3.33. The maximum absolute atomic E-state index is 11.9. The molecule has 3 N–H and O–H groups in total. The second-order valence-corrected chi connectivity index (χ2v) is 7.63. The zero-order valence-corrected chi connectivity index (χ0v) is 18.7. The number of hydrogen-bond acceptors (Lipinski definition) is 7. The number of imidazole rings is 1. The van der Waals surface area contributed by atoms with Gasteiger partial charge in [-0.1, -0.05) is 5.92 Å². The first kappa shape index (κ1) is 21.9. The summed E-state index contributed by atoms with van der Waals surface area (Å²) in [7, 11) is 0. The SMILES string of the molecule is Cc1cc(Nc2ncnc3ccc(NC(=O)C#CCO)cc23)ccc1Oc1ccn2ccnc2c1. The number of nitrogens with zero attached hydrogens (tertiary/aromatic N) is 4. The van der Waals surface area contributed by atoms with Crippen molar-refractivity contribution in [1.82, 2.24) is 19.4 Å². The van der Waals surface area contributed by atoms with Gasteiger partial charge in [0.15, 0.2) is 0 Å². The van der Waals surface area contributed by atoms with Gasteiger partial charge in [0.25, 0.3) is 5.91 Å². The third-order valence-corrected chi connectivity index (χ3v) is 5.21. The van der Waals surface area contributed by atoms with Crippen molar-refractivity contribution in [2.75, 3.05) is 17.2 Å². The molecule has 35 heavy (non-hydrogen) atoms. The third kappa shape index (κ3) is 4.88. The van der Waals surface area contributed by atoms with Crippen LogP contribution < -0.4 is 15.4 Å². The summed E-state index contributed by atoms with van der Waals surface area (Å²) < 4.78 is 7.98. The molecule has 0 aliphatic heterocycles. The molecule has 5 rings (SSSR count). The molecule has 0 aliphatic rings. The largest absolute Gasteiger partial charge is 0.457 e. The number of rotatable bonds is 5. The van der Waals surface area contributed by atoms with Crippen LogP contribution in [0.15, 0.2) is 73.4 Å². The van der Waals surface area contributed by atoms with Gasteiger partial charge in [-0.3, -0.25) is 4.79 Å². The smallest absolute Gasteiger partial charge is 0.300 e. The minimum atomic E-state index is -0.511. The first-order chi connectivity index (χ1) is 17.1. The Morgan fingerprint density at radius 2 is 1.94 bits per heavy atom. The number of benzene rings is 2. The number of hydrogen-bond donors (Lipinski definition) is 3. The molecule has 3 heterocycles. The summed E-state index contributed by atoms with van der Waals surface area (Å²) in [5.74, 6) is 6.14. The van der Waals surface area contributed by atoms with E-state index >= 15 is 0 Å². The predicted octanol–water partition coefficient (Wildman–Crippen LogP) is 4.06. The summed E-state index contributed by atoms with van der Waals surface area (Å²) >= 11 is 0. The molecular weight excluding hydrogens is 444 g/mol. The topological polar surface area (TPSA) is 114 Å². The van der Waals surface area contributed by atoms with Crippen molar-refractivity contribution in [3.8, 4) is 23.3 Å². The number of carbonyl (C=O) groups is 1. The van der Waals surface area contributed by atoms with E-state index in [-0.39, 0.29) is 6.61 Å². The van der Waals surface area contributed by atoms with E-state index in [4.69, 9.17) is 9.84 Å². The summed E-state index contributed by atoms with van der Waals surface area (Å²) in [6.45, 7) is 1.59. The number of pyridine rings is 1. The molecule has 0 atom stereocenters. The van der Waals surface area contributed by atoms with E-state index in [0.717, 1.165) is 28.0 Å². The van der Waals surface area contributed by atoms with E-state index in [2.05, 4.69) is 37.4 Å². The monoisotopic (exact) mass is 464 g/mol. The van der Waals surface area contributed by atoms with Gasteiger partial charge in [0.1, 0.15) is 35.9 Å². The van der Waals surface area contributed by atoms with Crippen molar-refractivity contribution < 1.29 is 14.6 Å². The minimum absolute atomic E-state index is 0.379. The van der Waals surface area contributed by atoms with E-state index < -0.39 is 5.91 Å². The molecule has 3 aromatic heterocycles. The summed E-state index contributed by atoms with van der Waals surface area (Å²) in [6.07, 6.45) is 7.00. The minimum Gasteiger partial charge on any atom is -0.457 e. The Morgan fingerprint density at radius 1 is 1.06 bits per heavy atom. The lowest BCUT2D eigenvalue weighted by Gasteiger charge is -2.13. The Morgan fingerprint density at radius 3 is 2.80 bits per heavy atom. The molecule has 9 nitrogen and oxygen atoms in total. The van der Waals surface area contributed by atoms with Crippen LogP contribution in [0.3, 0.4) is 0 Å². The Balaban J connectivity index is 1.37. The maximum Gasteiger partial charge on any atom is 0.300 e. The lowest BCUT2D eigenvalue weighted by Crippen LogP contribution is -2.08. The zero-order chi connectivity index (χ0) is 24.2. The number of aliphatic hydroxyl groups excluding tert-OH is 1. The summed E-state index contributed by atoms with van der Waals surface area (Å²) in [6, 6.07) is 14.8. The Hall–Kier alpha value is -4.94. The summed E-state index contributed by atoms with van der Waals surface area (Å²) in [5, 5.41) is 15.5. The molecular formula is C26H20N6O3. The number of aromatic nitrogens is 4. The average molecular weight is 464 g/mol. The van der Waals surface area contributed by atoms with Gasteiger partial charge < -0.3 is 24.9 Å². The van der Waals surface area contributed by atoms with Crippen molar-refractivity contribution in [3.63, 3.8) is 0 Å². The van der Waals surface area contributed by atoms with Crippen LogP contribution in [-0.2, 0) is 4.79 Å². The quantitative estimate of drug-likeness (QED) is 0.336. The van der Waals surface area contributed by atoms with Gasteiger partial charge in [0.2, 0.25) is 0 Å². The first-order valence-corrected chi connectivity index (χ1v) is 10.7. The molecule has 0 saturated heterocycles. The predicted molar refractivity (Wildman–Crippen MR) is 133 cm³/mol. The lowest BCUT2D eigenvalue weighted by atomic mass is 10.1. The van der Waals surface area contributed by atoms with Crippen LogP contribution in [0.5, 0.6) is 11.5 Å². The highest BCUT2D eigenvalue weighted by molar-refractivity contribution is 6.05. The van der Waals surface area contributed by atoms with Crippen LogP contribution in [-0.4, -0.2) is 37.0 Å². The van der Waals surface area contributed by atoms with Crippen molar-refractivity contribution in [2.45, 2.75) is 6.92 Å². The maximum atomic E-state index is 11.9. The molecule has 0 radical (unpaired) electrons. The number of aryl methyl sites for hydroxylation is 1. The zero-order valence-electron chi connectivity index (χ0n) is 18.7. The number of nitrogens with one attached hydrogen (secondary N) is 2. The molecule has 0 fully saturated rings. The van der Waals surface area contributed by atoms with E-state index in [1.165, 1.54) is 6.33 Å². The van der Waals surface area contributed by atoms with Gasteiger partial charge >= 0.3 is 0 Å². The highest BCUT2D eigenvalue weighted by atomic mass is 16.5. The van der Waals surface area contributed by atoms with Crippen LogP contribution in [0.2, 0.25) is 0 Å². The highest BCUT2D eigenvalue weighted by Gasteiger charge is 2.09. The molecule has 2 aromatic carbocycles. The molecule has 5 aromatic rings.